The molecule has 0 N–H and O–H groups in total. The number of alkyl halides is 3. The molecular formula is C12H5ClF3NOS. The molecule has 0 radical (unpaired) electrons. The number of hydrogen-bond acceptors (Lipinski definition) is 3. The van der Waals surface area contributed by atoms with Crippen LogP contribution in [0, 0.1) is 0 Å². The van der Waals surface area contributed by atoms with Crippen LogP contribution < -0.4 is 4.74 Å². The number of nitrogens with zero attached hydrogens (tertiary/aromatic N) is 1. The molecule has 0 bridgehead atoms. The molecule has 1 aromatic heterocycles. The topological polar surface area (TPSA) is 21.6 Å². The van der Waals surface area contributed by atoms with E-state index in [4.69, 9.17) is 16.3 Å². The predicted octanol–water partition coefficient (Wildman–Crippen LogP) is 5.19. The van der Waals surface area contributed by atoms with E-state index in [0.717, 1.165) is 12.1 Å². The van der Waals surface area contributed by atoms with Gasteiger partial charge in [-0.1, -0.05) is 11.6 Å². The molecule has 98 valence electrons. The summed E-state index contributed by atoms with van der Waals surface area (Å²) in [6.45, 7) is 0. The van der Waals surface area contributed by atoms with Gasteiger partial charge in [-0.3, -0.25) is 0 Å². The molecule has 0 unspecified atom stereocenters. The molecule has 0 aliphatic carbocycles. The summed E-state index contributed by atoms with van der Waals surface area (Å²) in [5.41, 5.74) is -0.712. The van der Waals surface area contributed by atoms with Crippen molar-refractivity contribution in [1.29, 1.82) is 0 Å². The first kappa shape index (κ1) is 12.5. The Labute approximate surface area is 115 Å². The molecule has 2 aromatic rings. The van der Waals surface area contributed by atoms with E-state index in [2.05, 4.69) is 4.99 Å². The smallest absolute Gasteiger partial charge is 0.416 e. The van der Waals surface area contributed by atoms with E-state index in [0.29, 0.717) is 10.6 Å². The average Bonchev–Trinajstić information content (AvgIpc) is 2.73. The first-order valence-corrected chi connectivity index (χ1v) is 6.42. The highest BCUT2D eigenvalue weighted by atomic mass is 35.5. The Morgan fingerprint density at radius 3 is 2.68 bits per heavy atom. The molecular weight excluding hydrogens is 299 g/mol. The monoisotopic (exact) mass is 303 g/mol. The van der Waals surface area contributed by atoms with Gasteiger partial charge in [-0.15, -0.1) is 11.3 Å². The van der Waals surface area contributed by atoms with Crippen molar-refractivity contribution in [1.82, 2.24) is 0 Å². The van der Waals surface area contributed by atoms with Gasteiger partial charge in [0.15, 0.2) is 10.9 Å². The number of rotatable bonds is 0. The summed E-state index contributed by atoms with van der Waals surface area (Å²) in [6.07, 6.45) is -4.42. The van der Waals surface area contributed by atoms with Crippen molar-refractivity contribution in [2.45, 2.75) is 6.18 Å². The Morgan fingerprint density at radius 2 is 1.95 bits per heavy atom. The van der Waals surface area contributed by atoms with Gasteiger partial charge in [0.1, 0.15) is 16.3 Å². The number of hydrogen-bond donors (Lipinski definition) is 0. The van der Waals surface area contributed by atoms with Gasteiger partial charge in [0, 0.05) is 0 Å². The number of thiophene rings is 1. The van der Waals surface area contributed by atoms with Crippen molar-refractivity contribution >= 4 is 33.8 Å². The summed E-state index contributed by atoms with van der Waals surface area (Å²) < 4.78 is 43.4. The fourth-order valence-electron chi connectivity index (χ4n) is 1.67. The van der Waals surface area contributed by atoms with Crippen LogP contribution in [0.4, 0.5) is 18.9 Å². The Kier molecular flexibility index (Phi) is 2.79. The third-order valence-electron chi connectivity index (χ3n) is 2.54. The molecule has 1 aromatic carbocycles. The van der Waals surface area contributed by atoms with Gasteiger partial charge >= 0.3 is 6.18 Å². The van der Waals surface area contributed by atoms with Crippen molar-refractivity contribution in [3.8, 4) is 11.5 Å². The van der Waals surface area contributed by atoms with E-state index in [9.17, 15) is 13.2 Å². The molecule has 0 spiro atoms. The second kappa shape index (κ2) is 4.25. The van der Waals surface area contributed by atoms with Gasteiger partial charge in [-0.25, -0.2) is 4.99 Å². The van der Waals surface area contributed by atoms with Gasteiger partial charge in [0.2, 0.25) is 0 Å². The number of ether oxygens (including phenoxy) is 1. The zero-order chi connectivity index (χ0) is 13.6. The molecule has 3 rings (SSSR count). The van der Waals surface area contributed by atoms with Crippen LogP contribution in [0.1, 0.15) is 10.4 Å². The van der Waals surface area contributed by atoms with Crippen molar-refractivity contribution in [2.24, 2.45) is 4.99 Å². The van der Waals surface area contributed by atoms with Gasteiger partial charge in [-0.2, -0.15) is 13.2 Å². The van der Waals surface area contributed by atoms with E-state index in [1.54, 1.807) is 11.4 Å². The lowest BCUT2D eigenvalue weighted by Crippen LogP contribution is -2.04. The maximum Gasteiger partial charge on any atom is 0.416 e. The molecule has 0 saturated heterocycles. The van der Waals surface area contributed by atoms with Crippen LogP contribution in [-0.2, 0) is 6.18 Å². The summed E-state index contributed by atoms with van der Waals surface area (Å²) >= 11 is 7.30. The fourth-order valence-corrected chi connectivity index (χ4v) is 2.68. The fraction of sp³-hybridized carbons (Fsp3) is 0.0833. The summed E-state index contributed by atoms with van der Waals surface area (Å²) in [6, 6.07) is 4.83. The molecule has 0 saturated carbocycles. The number of fused-ring (bicyclic) bond motifs is 2. The predicted molar refractivity (Wildman–Crippen MR) is 67.9 cm³/mol. The molecule has 7 heteroatoms. The van der Waals surface area contributed by atoms with Crippen molar-refractivity contribution in [3.63, 3.8) is 0 Å². The van der Waals surface area contributed by atoms with Crippen LogP contribution in [0.15, 0.2) is 34.6 Å². The first-order valence-electron chi connectivity index (χ1n) is 5.16. The lowest BCUT2D eigenvalue weighted by atomic mass is 10.2. The van der Waals surface area contributed by atoms with Gasteiger partial charge in [-0.05, 0) is 29.6 Å². The molecule has 2 heterocycles. The van der Waals surface area contributed by atoms with E-state index in [1.165, 1.54) is 17.4 Å². The Morgan fingerprint density at radius 1 is 1.16 bits per heavy atom. The van der Waals surface area contributed by atoms with Crippen LogP contribution in [0.2, 0.25) is 0 Å². The maximum atomic E-state index is 12.6. The normalized spacial score (nSPS) is 14.0. The maximum absolute atomic E-state index is 12.6. The second-order valence-corrected chi connectivity index (χ2v) is 5.07. The Hall–Kier alpha value is -1.53. The Balaban J connectivity index is 2.15. The number of aliphatic imine (C=N–C) groups is 1. The average molecular weight is 304 g/mol. The minimum absolute atomic E-state index is 0.0724. The van der Waals surface area contributed by atoms with Crippen LogP contribution in [0.25, 0.3) is 0 Å². The molecule has 0 fully saturated rings. The quantitative estimate of drug-likeness (QED) is 0.656. The Bertz CT molecular complexity index is 678. The van der Waals surface area contributed by atoms with Crippen LogP contribution in [0.5, 0.6) is 11.5 Å². The number of halogens is 4. The van der Waals surface area contributed by atoms with Gasteiger partial charge in [0.05, 0.1) is 5.56 Å². The third-order valence-corrected chi connectivity index (χ3v) is 3.83. The summed E-state index contributed by atoms with van der Waals surface area (Å²) in [5.74, 6) is 0.751. The van der Waals surface area contributed by atoms with Crippen LogP contribution in [0.3, 0.4) is 0 Å². The highest BCUT2D eigenvalue weighted by molar-refractivity contribution is 7.14. The minimum atomic E-state index is -4.42. The zero-order valence-electron chi connectivity index (χ0n) is 9.16. The second-order valence-electron chi connectivity index (χ2n) is 3.80. The summed E-state index contributed by atoms with van der Waals surface area (Å²) in [7, 11) is 0. The SMILES string of the molecule is FC(F)(F)c1ccc2c(c1)N=C(Cl)c1sccc1O2. The highest BCUT2D eigenvalue weighted by Gasteiger charge is 2.32. The van der Waals surface area contributed by atoms with Crippen LogP contribution in [-0.4, -0.2) is 5.17 Å². The molecule has 19 heavy (non-hydrogen) atoms. The standard InChI is InChI=1S/C12H5ClF3NOS/c13-11-10-9(3-4-19-10)18-8-2-1-6(12(14,15)16)5-7(8)17-11/h1-5H. The molecule has 1 aliphatic heterocycles. The third kappa shape index (κ3) is 2.21. The zero-order valence-corrected chi connectivity index (χ0v) is 10.7. The molecule has 0 amide bonds. The van der Waals surface area contributed by atoms with Crippen molar-refractivity contribution < 1.29 is 17.9 Å². The van der Waals surface area contributed by atoms with Gasteiger partial charge in [0.25, 0.3) is 0 Å². The lowest BCUT2D eigenvalue weighted by Gasteiger charge is -2.09. The van der Waals surface area contributed by atoms with Gasteiger partial charge < -0.3 is 4.74 Å². The van der Waals surface area contributed by atoms with E-state index < -0.39 is 11.7 Å². The van der Waals surface area contributed by atoms with Crippen molar-refractivity contribution in [2.75, 3.05) is 0 Å². The largest absolute Gasteiger partial charge is 0.453 e. The summed E-state index contributed by atoms with van der Waals surface area (Å²) in [5, 5.41) is 1.90. The number of benzene rings is 1. The van der Waals surface area contributed by atoms with E-state index >= 15 is 0 Å². The molecule has 0 atom stereocenters. The van der Waals surface area contributed by atoms with Crippen LogP contribution >= 0.6 is 22.9 Å². The molecule has 1 aliphatic rings. The molecule has 2 nitrogen and oxygen atoms in total. The van der Waals surface area contributed by atoms with Crippen molar-refractivity contribution in [3.05, 3.63) is 40.1 Å². The van der Waals surface area contributed by atoms with E-state index in [1.807, 2.05) is 0 Å². The highest BCUT2D eigenvalue weighted by Crippen LogP contribution is 2.43. The summed E-state index contributed by atoms with van der Waals surface area (Å²) in [4.78, 5) is 4.60. The first-order chi connectivity index (χ1) is 8.95. The van der Waals surface area contributed by atoms with E-state index in [-0.39, 0.29) is 16.6 Å². The lowest BCUT2D eigenvalue weighted by molar-refractivity contribution is -0.137. The minimum Gasteiger partial charge on any atom is -0.453 e.